The van der Waals surface area contributed by atoms with Gasteiger partial charge in [0.25, 0.3) is 0 Å². The molecule has 4 aromatic carbocycles. The van der Waals surface area contributed by atoms with E-state index in [1.165, 1.54) is 0 Å². The fourth-order valence-corrected chi connectivity index (χ4v) is 6.58. The number of nitriles is 3. The summed E-state index contributed by atoms with van der Waals surface area (Å²) in [6, 6.07) is 26.5. The molecule has 0 fully saturated rings. The minimum absolute atomic E-state index is 0.232. The normalized spacial score (nSPS) is 13.4. The zero-order valence-corrected chi connectivity index (χ0v) is 35.4. The Morgan fingerprint density at radius 3 is 1.57 bits per heavy atom. The molecule has 0 saturated heterocycles. The van der Waals surface area contributed by atoms with Crippen LogP contribution in [0.3, 0.4) is 0 Å². The summed E-state index contributed by atoms with van der Waals surface area (Å²) < 4.78 is 30.9. The summed E-state index contributed by atoms with van der Waals surface area (Å²) in [4.78, 5) is 0. The monoisotopic (exact) mass is 829 g/mol. The third kappa shape index (κ3) is 13.6. The predicted molar refractivity (Wildman–Crippen MR) is 233 cm³/mol. The fraction of sp³-hybridized carbons (Fsp3) is 0.400. The van der Waals surface area contributed by atoms with Crippen molar-refractivity contribution in [3.8, 4) is 41.2 Å². The van der Waals surface area contributed by atoms with Crippen molar-refractivity contribution in [2.24, 2.45) is 11.8 Å². The maximum Gasteiger partial charge on any atom is 0.491 e. The minimum Gasteiger partial charge on any atom is -0.489 e. The van der Waals surface area contributed by atoms with Crippen LogP contribution in [0.4, 0.5) is 0 Å². The first-order chi connectivity index (χ1) is 29.4. The van der Waals surface area contributed by atoms with Crippen LogP contribution in [0.5, 0.6) is 23.0 Å². The van der Waals surface area contributed by atoms with E-state index in [9.17, 15) is 41.2 Å². The molecule has 13 nitrogen and oxygen atoms in total. The van der Waals surface area contributed by atoms with Crippen molar-refractivity contribution in [1.82, 2.24) is 0 Å². The van der Waals surface area contributed by atoms with Crippen molar-refractivity contribution in [2.45, 2.75) is 105 Å². The maximum atomic E-state index is 11.9. The van der Waals surface area contributed by atoms with Crippen molar-refractivity contribution < 1.29 is 48.8 Å². The largest absolute Gasteiger partial charge is 0.491 e. The number of hydrogen-bond donors (Lipinski definition) is 5. The summed E-state index contributed by atoms with van der Waals surface area (Å²) in [6.07, 6.45) is 2.84. The summed E-state index contributed by atoms with van der Waals surface area (Å²) in [5.41, 5.74) is 2.41. The van der Waals surface area contributed by atoms with Gasteiger partial charge in [0.2, 0.25) is 0 Å². The van der Waals surface area contributed by atoms with Gasteiger partial charge in [-0.25, -0.2) is 0 Å². The van der Waals surface area contributed by atoms with Crippen molar-refractivity contribution in [2.75, 3.05) is 0 Å². The molecular weight excluding hydrogens is 775 g/mol. The van der Waals surface area contributed by atoms with Gasteiger partial charge in [0, 0.05) is 0 Å². The van der Waals surface area contributed by atoms with Crippen LogP contribution < -0.4 is 30.6 Å². The second-order valence-electron chi connectivity index (χ2n) is 15.1. The van der Waals surface area contributed by atoms with Crippen molar-refractivity contribution >= 4 is 37.5 Å². The molecule has 0 bridgehead atoms. The number of rotatable bonds is 24. The van der Waals surface area contributed by atoms with Crippen LogP contribution >= 0.6 is 0 Å². The van der Waals surface area contributed by atoms with Crippen LogP contribution in [0, 0.1) is 45.8 Å². The van der Waals surface area contributed by atoms with E-state index in [1.807, 2.05) is 0 Å². The highest BCUT2D eigenvalue weighted by atomic mass is 16.5. The van der Waals surface area contributed by atoms with Crippen LogP contribution in [-0.4, -0.2) is 64.7 Å². The molecule has 3 unspecified atom stereocenters. The van der Waals surface area contributed by atoms with Gasteiger partial charge in [-0.1, -0.05) is 50.8 Å². The number of hydrogen-bond acceptors (Lipinski definition) is 13. The number of aliphatic hydroxyl groups excluding tert-OH is 3. The third-order valence-electron chi connectivity index (χ3n) is 10.6. The van der Waals surface area contributed by atoms with Gasteiger partial charge in [-0.2, -0.15) is 15.8 Å². The molecule has 0 spiro atoms. The van der Waals surface area contributed by atoms with E-state index in [0.717, 1.165) is 19.3 Å². The van der Waals surface area contributed by atoms with Crippen molar-refractivity contribution in [1.29, 1.82) is 15.8 Å². The summed E-state index contributed by atoms with van der Waals surface area (Å²) in [5, 5.41) is 83.1. The standard InChI is InChI=1S/C45H54B3N3O10/c1-6-7-8-9-10-45(60-47(55)43-19-16-39(22-36(43)28-53)57-32(4)30(2)24-49)46(42-18-15-41(21-35(42)27-52)59-38-13-11-34(26-51)12-14-38)61-48(56)44-20-17-40(23-37(44)29-54)58-33(5)31(3)25-50/h11-23,30-33,45,52-56H,6-10,27-29H2,1-5H3/t30-,31-,32?,33?,45?/m0/s1. The van der Waals surface area contributed by atoms with Crippen LogP contribution in [0.15, 0.2) is 78.9 Å². The zero-order valence-electron chi connectivity index (χ0n) is 35.4. The number of benzene rings is 4. The van der Waals surface area contributed by atoms with E-state index >= 15 is 0 Å². The summed E-state index contributed by atoms with van der Waals surface area (Å²) in [5.74, 6) is 0.829. The van der Waals surface area contributed by atoms with Gasteiger partial charge in [0.05, 0.1) is 61.4 Å². The second-order valence-corrected chi connectivity index (χ2v) is 15.1. The Bertz CT molecular complexity index is 2140. The van der Waals surface area contributed by atoms with E-state index in [4.69, 9.17) is 23.4 Å². The zero-order chi connectivity index (χ0) is 44.5. The molecule has 5 N–H and O–H groups in total. The molecule has 0 saturated carbocycles. The van der Waals surface area contributed by atoms with Crippen LogP contribution in [0.2, 0.25) is 0 Å². The van der Waals surface area contributed by atoms with E-state index < -0.39 is 71.0 Å². The first-order valence-corrected chi connectivity index (χ1v) is 20.6. The topological polar surface area (TPSA) is 219 Å². The molecule has 0 aliphatic carbocycles. The Labute approximate surface area is 360 Å². The van der Waals surface area contributed by atoms with Crippen molar-refractivity contribution in [3.63, 3.8) is 0 Å². The first kappa shape index (κ1) is 48.3. The lowest BCUT2D eigenvalue weighted by molar-refractivity contribution is 0.186. The SMILES string of the molecule is CCCCCCC(OB(O)c1ccc(OC(C)[C@@H](C)C#N)cc1CO)B(OB(O)c1ccc(OC(C)[C@@H](C)C#N)cc1CO)c1ccc(Oc2ccc(C#N)cc2)cc1CO. The predicted octanol–water partition coefficient (Wildman–Crippen LogP) is 4.57. The van der Waals surface area contributed by atoms with Gasteiger partial charge in [0.15, 0.2) is 0 Å². The van der Waals surface area contributed by atoms with E-state index in [-0.39, 0.29) is 10.9 Å². The van der Waals surface area contributed by atoms with Crippen LogP contribution in [0.1, 0.15) is 89.0 Å². The Morgan fingerprint density at radius 1 is 0.590 bits per heavy atom. The third-order valence-corrected chi connectivity index (χ3v) is 10.6. The second kappa shape index (κ2) is 24.2. The highest BCUT2D eigenvalue weighted by Gasteiger charge is 2.39. The first-order valence-electron chi connectivity index (χ1n) is 20.6. The van der Waals surface area contributed by atoms with Crippen molar-refractivity contribution in [3.05, 3.63) is 101 Å². The van der Waals surface area contributed by atoms with E-state index in [1.54, 1.807) is 107 Å². The van der Waals surface area contributed by atoms with Gasteiger partial charge in [-0.15, -0.1) is 0 Å². The average molecular weight is 829 g/mol. The van der Waals surface area contributed by atoms with Crippen LogP contribution in [-0.2, 0) is 29.0 Å². The molecule has 0 aromatic heterocycles. The van der Waals surface area contributed by atoms with Gasteiger partial charge in [-0.3, -0.25) is 0 Å². The van der Waals surface area contributed by atoms with Gasteiger partial charge in [0.1, 0.15) is 35.2 Å². The molecular formula is C45H54B3N3O10. The smallest absolute Gasteiger partial charge is 0.489 e. The Kier molecular flexibility index (Phi) is 19.2. The van der Waals surface area contributed by atoms with Crippen LogP contribution in [0.25, 0.3) is 0 Å². The summed E-state index contributed by atoms with van der Waals surface area (Å²) >= 11 is 0. The molecule has 0 aliphatic heterocycles. The lowest BCUT2D eigenvalue weighted by atomic mass is 9.50. The number of unbranched alkanes of at least 4 members (excludes halogenated alkanes) is 3. The number of nitrogens with zero attached hydrogens (tertiary/aromatic N) is 3. The molecule has 5 atom stereocenters. The quantitative estimate of drug-likeness (QED) is 0.0484. The highest BCUT2D eigenvalue weighted by Crippen LogP contribution is 2.25. The number of ether oxygens (including phenoxy) is 3. The Morgan fingerprint density at radius 2 is 1.07 bits per heavy atom. The van der Waals surface area contributed by atoms with Gasteiger partial charge >= 0.3 is 21.2 Å². The molecule has 0 aliphatic rings. The Balaban J connectivity index is 1.78. The lowest BCUT2D eigenvalue weighted by Crippen LogP contribution is -2.56. The summed E-state index contributed by atoms with van der Waals surface area (Å²) in [7, 11) is -3.25. The maximum absolute atomic E-state index is 11.9. The molecule has 318 valence electrons. The molecule has 0 heterocycles. The molecule has 4 rings (SSSR count). The van der Waals surface area contributed by atoms with Gasteiger partial charge in [-0.05, 0) is 128 Å². The van der Waals surface area contributed by atoms with E-state index in [0.29, 0.717) is 63.6 Å². The lowest BCUT2D eigenvalue weighted by Gasteiger charge is -2.30. The molecule has 0 amide bonds. The minimum atomic E-state index is -1.65. The van der Waals surface area contributed by atoms with E-state index in [2.05, 4.69) is 25.1 Å². The van der Waals surface area contributed by atoms with Gasteiger partial charge < -0.3 is 48.8 Å². The molecule has 16 heteroatoms. The average Bonchev–Trinajstić information content (AvgIpc) is 3.28. The Hall–Kier alpha value is -5.34. The molecule has 61 heavy (non-hydrogen) atoms. The molecule has 0 radical (unpaired) electrons. The highest BCUT2D eigenvalue weighted by molar-refractivity contribution is 6.79. The fourth-order valence-electron chi connectivity index (χ4n) is 6.58. The number of aliphatic hydroxyl groups is 3. The summed E-state index contributed by atoms with van der Waals surface area (Å²) in [6.45, 7) is 6.57. The molecule has 4 aromatic rings.